The average Bonchev–Trinajstić information content (AvgIpc) is 3.32. The van der Waals surface area contributed by atoms with Crippen molar-refractivity contribution in [2.75, 3.05) is 31.5 Å². The van der Waals surface area contributed by atoms with Gasteiger partial charge in [0, 0.05) is 41.0 Å². The van der Waals surface area contributed by atoms with Gasteiger partial charge in [0.2, 0.25) is 5.95 Å². The monoisotopic (exact) mass is 585 g/mol. The smallest absolute Gasteiger partial charge is 0.252 e. The number of benzene rings is 1. The average molecular weight is 587 g/mol. The molecular weight excluding hydrogens is 549 g/mol. The second-order valence-corrected chi connectivity index (χ2v) is 11.3. The van der Waals surface area contributed by atoms with E-state index in [0.29, 0.717) is 12.0 Å². The summed E-state index contributed by atoms with van der Waals surface area (Å²) in [7, 11) is 0. The van der Waals surface area contributed by atoms with Gasteiger partial charge in [-0.25, -0.2) is 9.97 Å². The number of likely N-dealkylation sites (tertiary alicyclic amines) is 1. The van der Waals surface area contributed by atoms with Crippen LogP contribution >= 0.6 is 48.6 Å². The minimum Gasteiger partial charge on any atom is -0.354 e. The largest absolute Gasteiger partial charge is 0.354 e. The summed E-state index contributed by atoms with van der Waals surface area (Å²) in [5, 5.41) is 7.54. The Labute approximate surface area is 242 Å². The van der Waals surface area contributed by atoms with Crippen LogP contribution in [-0.2, 0) is 0 Å². The van der Waals surface area contributed by atoms with Gasteiger partial charge in [-0.1, -0.05) is 19.9 Å². The number of nitrogens with zero attached hydrogens (tertiary/aromatic N) is 3. The van der Waals surface area contributed by atoms with Crippen LogP contribution in [0.25, 0.3) is 20.7 Å². The van der Waals surface area contributed by atoms with E-state index in [0.717, 1.165) is 76.0 Å². The van der Waals surface area contributed by atoms with Gasteiger partial charge in [0.15, 0.2) is 0 Å². The predicted octanol–water partition coefficient (Wildman–Crippen LogP) is 6.60. The van der Waals surface area contributed by atoms with Crippen LogP contribution in [0.4, 0.5) is 5.95 Å². The van der Waals surface area contributed by atoms with Gasteiger partial charge in [-0.3, -0.25) is 4.79 Å². The maximum Gasteiger partial charge on any atom is 0.252 e. The van der Waals surface area contributed by atoms with E-state index in [1.54, 1.807) is 11.3 Å². The Balaban J connectivity index is 0.00000160. The molecule has 1 aliphatic carbocycles. The number of amides is 1. The Kier molecular flexibility index (Phi) is 11.9. The fourth-order valence-electron chi connectivity index (χ4n) is 4.76. The van der Waals surface area contributed by atoms with Crippen LogP contribution in [0.15, 0.2) is 30.5 Å². The van der Waals surface area contributed by atoms with Gasteiger partial charge >= 0.3 is 0 Å². The first-order chi connectivity index (χ1) is 16.5. The van der Waals surface area contributed by atoms with Crippen molar-refractivity contribution in [3.63, 3.8) is 0 Å². The molecule has 0 radical (unpaired) electrons. The highest BCUT2D eigenvalue weighted by molar-refractivity contribution is 7.22. The van der Waals surface area contributed by atoms with Gasteiger partial charge < -0.3 is 15.5 Å². The number of carbonyl (C=O) groups excluding carboxylic acids is 1. The second-order valence-electron chi connectivity index (χ2n) is 10.2. The molecule has 204 valence electrons. The van der Waals surface area contributed by atoms with Gasteiger partial charge in [0.05, 0.1) is 10.6 Å². The van der Waals surface area contributed by atoms with Gasteiger partial charge in [0.25, 0.3) is 5.91 Å². The Bertz CT molecular complexity index is 1180. The van der Waals surface area contributed by atoms with Crippen LogP contribution < -0.4 is 10.6 Å². The highest BCUT2D eigenvalue weighted by Crippen LogP contribution is 2.36. The number of carbonyl (C=O) groups is 1. The van der Waals surface area contributed by atoms with Crippen molar-refractivity contribution in [2.45, 2.75) is 52.5 Å². The number of fused-ring (bicyclic) bond motifs is 1. The van der Waals surface area contributed by atoms with E-state index in [1.807, 2.05) is 25.3 Å². The van der Waals surface area contributed by atoms with Crippen molar-refractivity contribution in [1.82, 2.24) is 20.2 Å². The third-order valence-corrected chi connectivity index (χ3v) is 8.22. The van der Waals surface area contributed by atoms with Crippen molar-refractivity contribution in [3.8, 4) is 10.6 Å². The molecule has 3 aromatic rings. The first-order valence-electron chi connectivity index (χ1n) is 12.6. The summed E-state index contributed by atoms with van der Waals surface area (Å²) in [6, 6.07) is 8.42. The zero-order chi connectivity index (χ0) is 23.7. The third kappa shape index (κ3) is 7.70. The summed E-state index contributed by atoms with van der Waals surface area (Å²) in [5.74, 6) is 2.32. The number of nitrogens with one attached hydrogen (secondary N) is 2. The maximum atomic E-state index is 12.7. The molecule has 2 fully saturated rings. The van der Waals surface area contributed by atoms with Gasteiger partial charge in [-0.15, -0.1) is 48.6 Å². The minimum absolute atomic E-state index is 0. The lowest BCUT2D eigenvalue weighted by Crippen LogP contribution is -2.25. The van der Waals surface area contributed by atoms with Crippen molar-refractivity contribution in [3.05, 3.63) is 41.6 Å². The molecule has 1 aromatic carbocycles. The highest BCUT2D eigenvalue weighted by Gasteiger charge is 2.25. The molecule has 10 heteroatoms. The van der Waals surface area contributed by atoms with Gasteiger partial charge in [-0.2, -0.15) is 0 Å². The molecule has 1 amide bonds. The lowest BCUT2D eigenvalue weighted by molar-refractivity contribution is 0.0952. The number of aryl methyl sites for hydroxylation is 1. The molecule has 1 unspecified atom stereocenters. The summed E-state index contributed by atoms with van der Waals surface area (Å²) in [4.78, 5) is 25.7. The van der Waals surface area contributed by atoms with Crippen LogP contribution in [-0.4, -0.2) is 53.0 Å². The second kappa shape index (κ2) is 13.9. The molecule has 1 aliphatic heterocycles. The van der Waals surface area contributed by atoms with Crippen LogP contribution in [0.2, 0.25) is 0 Å². The standard InChI is InChI=1S/C27H35N5OS.3ClH/c1-17(2)19-10-13-32(16-19)12-5-11-28-27-29-15-18(3)25(31-27)24-14-22-21(6-4-7-23(22)34-24)26(33)30-20-8-9-20;;;/h4,6-7,14-15,17,19-20H,5,8-13,16H2,1-3H3,(H,30,33)(H,28,29,31);3*1H. The minimum atomic E-state index is 0. The summed E-state index contributed by atoms with van der Waals surface area (Å²) in [6.07, 6.45) is 6.48. The zero-order valence-electron chi connectivity index (χ0n) is 21.7. The molecule has 2 N–H and O–H groups in total. The number of halogens is 3. The van der Waals surface area contributed by atoms with Crippen molar-refractivity contribution in [2.24, 2.45) is 11.8 Å². The molecule has 1 saturated heterocycles. The zero-order valence-corrected chi connectivity index (χ0v) is 24.9. The Morgan fingerprint density at radius 2 is 1.97 bits per heavy atom. The number of anilines is 1. The van der Waals surface area contributed by atoms with E-state index in [1.165, 1.54) is 19.5 Å². The fraction of sp³-hybridized carbons (Fsp3) is 0.519. The van der Waals surface area contributed by atoms with Crippen LogP contribution in [0.3, 0.4) is 0 Å². The van der Waals surface area contributed by atoms with Crippen molar-refractivity contribution < 1.29 is 4.79 Å². The van der Waals surface area contributed by atoms with E-state index in [2.05, 4.69) is 46.5 Å². The number of hydrogen-bond acceptors (Lipinski definition) is 6. The fourth-order valence-corrected chi connectivity index (χ4v) is 5.90. The molecule has 6 nitrogen and oxygen atoms in total. The first-order valence-corrected chi connectivity index (χ1v) is 13.4. The Hall–Kier alpha value is -1.64. The predicted molar refractivity (Wildman–Crippen MR) is 162 cm³/mol. The normalized spacial score (nSPS) is 17.1. The Morgan fingerprint density at radius 3 is 2.68 bits per heavy atom. The van der Waals surface area contributed by atoms with Crippen molar-refractivity contribution in [1.29, 1.82) is 0 Å². The van der Waals surface area contributed by atoms with Crippen LogP contribution in [0.5, 0.6) is 0 Å². The molecule has 1 saturated carbocycles. The van der Waals surface area contributed by atoms with E-state index in [9.17, 15) is 4.79 Å². The molecule has 0 spiro atoms. The molecule has 2 aliphatic rings. The number of aromatic nitrogens is 2. The van der Waals surface area contributed by atoms with E-state index >= 15 is 0 Å². The number of thiophene rings is 1. The van der Waals surface area contributed by atoms with E-state index < -0.39 is 0 Å². The van der Waals surface area contributed by atoms with E-state index in [4.69, 9.17) is 4.98 Å². The van der Waals surface area contributed by atoms with Gasteiger partial charge in [-0.05, 0) is 81.3 Å². The molecule has 5 rings (SSSR count). The van der Waals surface area contributed by atoms with Gasteiger partial charge in [0.1, 0.15) is 0 Å². The molecule has 37 heavy (non-hydrogen) atoms. The molecule has 0 bridgehead atoms. The number of rotatable bonds is 9. The van der Waals surface area contributed by atoms with Crippen molar-refractivity contribution >= 4 is 70.5 Å². The third-order valence-electron chi connectivity index (χ3n) is 7.11. The lowest BCUT2D eigenvalue weighted by atomic mass is 9.95. The molecular formula is C27H38Cl3N5OS. The molecule has 3 heterocycles. The molecule has 1 atom stereocenters. The van der Waals surface area contributed by atoms with Crippen LogP contribution in [0.1, 0.15) is 55.5 Å². The lowest BCUT2D eigenvalue weighted by Gasteiger charge is -2.17. The van der Waals surface area contributed by atoms with E-state index in [-0.39, 0.29) is 43.1 Å². The SMILES string of the molecule is Cc1cnc(NCCCN2CCC(C(C)C)C2)nc1-c1cc2c(C(=O)NC3CC3)cccc2s1.Cl.Cl.Cl. The Morgan fingerprint density at radius 1 is 1.19 bits per heavy atom. The summed E-state index contributed by atoms with van der Waals surface area (Å²) >= 11 is 1.68. The summed E-state index contributed by atoms with van der Waals surface area (Å²) < 4.78 is 1.11. The highest BCUT2D eigenvalue weighted by atomic mass is 35.5. The summed E-state index contributed by atoms with van der Waals surface area (Å²) in [5.41, 5.74) is 2.73. The first kappa shape index (κ1) is 31.6. The maximum absolute atomic E-state index is 12.7. The molecule has 2 aromatic heterocycles. The number of hydrogen-bond donors (Lipinski definition) is 2. The summed E-state index contributed by atoms with van der Waals surface area (Å²) in [6.45, 7) is 11.2. The topological polar surface area (TPSA) is 70.2 Å². The van der Waals surface area contributed by atoms with Crippen LogP contribution in [0, 0.1) is 18.8 Å². The quantitative estimate of drug-likeness (QED) is 0.276.